The minimum Gasteiger partial charge on any atom is -0.460 e. The van der Waals surface area contributed by atoms with E-state index < -0.39 is 0 Å². The maximum atomic E-state index is 12.3. The Kier molecular flexibility index (Phi) is 5.60. The first-order chi connectivity index (χ1) is 9.77. The molecule has 110 valence electrons. The molecule has 1 fully saturated rings. The molecule has 1 saturated carbocycles. The van der Waals surface area contributed by atoms with Gasteiger partial charge in [0.25, 0.3) is 0 Å². The molecule has 3 nitrogen and oxygen atoms in total. The van der Waals surface area contributed by atoms with E-state index in [0.717, 1.165) is 50.5 Å². The Morgan fingerprint density at radius 3 is 2.50 bits per heavy atom. The lowest BCUT2D eigenvalue weighted by molar-refractivity contribution is -0.164. The van der Waals surface area contributed by atoms with Crippen molar-refractivity contribution in [2.45, 2.75) is 51.6 Å². The normalized spacial score (nSPS) is 16.4. The molecule has 0 saturated heterocycles. The molecular weight excluding hydrogens is 252 g/mol. The summed E-state index contributed by atoms with van der Waals surface area (Å²) in [5, 5.41) is 8.79. The molecule has 0 aromatic heterocycles. The minimum atomic E-state index is -0.232. The maximum Gasteiger partial charge on any atom is 0.312 e. The molecule has 0 atom stereocenters. The SMILES string of the molecule is O=C(OCc1ccccc1)C1(CCCCCO)CCC1. The van der Waals surface area contributed by atoms with Crippen LogP contribution in [-0.4, -0.2) is 17.7 Å². The molecule has 1 N–H and O–H groups in total. The molecule has 2 rings (SSSR count). The number of carbonyl (C=O) groups is 1. The molecule has 1 aliphatic rings. The molecule has 0 aliphatic heterocycles. The summed E-state index contributed by atoms with van der Waals surface area (Å²) in [4.78, 5) is 12.3. The van der Waals surface area contributed by atoms with Crippen LogP contribution in [0.5, 0.6) is 0 Å². The van der Waals surface area contributed by atoms with Gasteiger partial charge in [0.15, 0.2) is 0 Å². The first-order valence-corrected chi connectivity index (χ1v) is 7.59. The molecule has 3 heteroatoms. The third-order valence-electron chi connectivity index (χ3n) is 4.27. The topological polar surface area (TPSA) is 46.5 Å². The van der Waals surface area contributed by atoms with E-state index >= 15 is 0 Å². The molecule has 0 amide bonds. The summed E-state index contributed by atoms with van der Waals surface area (Å²) < 4.78 is 5.50. The van der Waals surface area contributed by atoms with Gasteiger partial charge < -0.3 is 9.84 Å². The molecule has 1 aromatic rings. The van der Waals surface area contributed by atoms with Crippen LogP contribution >= 0.6 is 0 Å². The van der Waals surface area contributed by atoms with Crippen LogP contribution in [0.4, 0.5) is 0 Å². The van der Waals surface area contributed by atoms with Crippen molar-refractivity contribution < 1.29 is 14.6 Å². The van der Waals surface area contributed by atoms with E-state index in [2.05, 4.69) is 0 Å². The first-order valence-electron chi connectivity index (χ1n) is 7.59. The number of aliphatic hydroxyl groups excluding tert-OH is 1. The van der Waals surface area contributed by atoms with Crippen molar-refractivity contribution in [3.8, 4) is 0 Å². The Balaban J connectivity index is 1.79. The molecular formula is C17H24O3. The molecule has 0 bridgehead atoms. The zero-order valence-corrected chi connectivity index (χ0v) is 12.0. The van der Waals surface area contributed by atoms with Crippen LogP contribution in [0.3, 0.4) is 0 Å². The van der Waals surface area contributed by atoms with E-state index in [1.807, 2.05) is 30.3 Å². The van der Waals surface area contributed by atoms with Crippen molar-refractivity contribution in [3.63, 3.8) is 0 Å². The van der Waals surface area contributed by atoms with Crippen LogP contribution in [0, 0.1) is 5.41 Å². The third kappa shape index (κ3) is 3.83. The first kappa shape index (κ1) is 15.0. The summed E-state index contributed by atoms with van der Waals surface area (Å²) in [7, 11) is 0. The summed E-state index contributed by atoms with van der Waals surface area (Å²) in [6, 6.07) is 9.82. The van der Waals surface area contributed by atoms with Crippen LogP contribution in [0.2, 0.25) is 0 Å². The fraction of sp³-hybridized carbons (Fsp3) is 0.588. The van der Waals surface area contributed by atoms with E-state index in [-0.39, 0.29) is 18.0 Å². The molecule has 20 heavy (non-hydrogen) atoms. The second kappa shape index (κ2) is 7.44. The summed E-state index contributed by atoms with van der Waals surface area (Å²) >= 11 is 0. The van der Waals surface area contributed by atoms with Gasteiger partial charge in [0.1, 0.15) is 6.61 Å². The predicted octanol–water partition coefficient (Wildman–Crippen LogP) is 3.45. The van der Waals surface area contributed by atoms with Gasteiger partial charge >= 0.3 is 5.97 Å². The number of hydrogen-bond acceptors (Lipinski definition) is 3. The molecule has 1 aromatic carbocycles. The molecule has 0 radical (unpaired) electrons. The summed E-state index contributed by atoms with van der Waals surface area (Å²) in [6.07, 6.45) is 6.76. The van der Waals surface area contributed by atoms with E-state index in [4.69, 9.17) is 9.84 Å². The molecule has 0 heterocycles. The van der Waals surface area contributed by atoms with Gasteiger partial charge in [-0.1, -0.05) is 49.6 Å². The minimum absolute atomic E-state index is 0.0309. The number of carbonyl (C=O) groups excluding carboxylic acids is 1. The lowest BCUT2D eigenvalue weighted by Crippen LogP contribution is -2.39. The Morgan fingerprint density at radius 1 is 1.15 bits per heavy atom. The van der Waals surface area contributed by atoms with Gasteiger partial charge in [-0.15, -0.1) is 0 Å². The van der Waals surface area contributed by atoms with Crippen LogP contribution < -0.4 is 0 Å². The lowest BCUT2D eigenvalue weighted by atomic mass is 9.66. The van der Waals surface area contributed by atoms with Gasteiger partial charge in [-0.2, -0.15) is 0 Å². The molecule has 0 spiro atoms. The van der Waals surface area contributed by atoms with Crippen molar-refractivity contribution in [2.75, 3.05) is 6.61 Å². The van der Waals surface area contributed by atoms with Crippen molar-refractivity contribution in [1.29, 1.82) is 0 Å². The van der Waals surface area contributed by atoms with Gasteiger partial charge in [0.2, 0.25) is 0 Å². The van der Waals surface area contributed by atoms with Gasteiger partial charge in [-0.3, -0.25) is 4.79 Å². The Hall–Kier alpha value is -1.35. The lowest BCUT2D eigenvalue weighted by Gasteiger charge is -2.39. The third-order valence-corrected chi connectivity index (χ3v) is 4.27. The van der Waals surface area contributed by atoms with Gasteiger partial charge in [0.05, 0.1) is 5.41 Å². The van der Waals surface area contributed by atoms with E-state index in [1.165, 1.54) is 0 Å². The molecule has 0 unspecified atom stereocenters. The average Bonchev–Trinajstić information content (AvgIpc) is 2.44. The van der Waals surface area contributed by atoms with Crippen molar-refractivity contribution in [1.82, 2.24) is 0 Å². The number of rotatable bonds is 8. The Bertz CT molecular complexity index is 410. The van der Waals surface area contributed by atoms with Crippen LogP contribution in [0.1, 0.15) is 50.5 Å². The molecule has 1 aliphatic carbocycles. The van der Waals surface area contributed by atoms with Crippen molar-refractivity contribution in [3.05, 3.63) is 35.9 Å². The number of esters is 1. The maximum absolute atomic E-state index is 12.3. The van der Waals surface area contributed by atoms with Gasteiger partial charge in [-0.05, 0) is 31.2 Å². The second-order valence-electron chi connectivity index (χ2n) is 5.73. The zero-order chi connectivity index (χ0) is 14.3. The van der Waals surface area contributed by atoms with Crippen molar-refractivity contribution >= 4 is 5.97 Å². The standard InChI is InChI=1S/C17H24O3/c18-13-6-2-5-10-17(11-7-12-17)16(19)20-14-15-8-3-1-4-9-15/h1,3-4,8-9,18H,2,5-7,10-14H2. The van der Waals surface area contributed by atoms with E-state index in [1.54, 1.807) is 0 Å². The number of unbranched alkanes of at least 4 members (excludes halogenated alkanes) is 2. The Morgan fingerprint density at radius 2 is 1.90 bits per heavy atom. The zero-order valence-electron chi connectivity index (χ0n) is 12.0. The predicted molar refractivity (Wildman–Crippen MR) is 78.1 cm³/mol. The Labute approximate surface area is 121 Å². The van der Waals surface area contributed by atoms with Gasteiger partial charge in [-0.25, -0.2) is 0 Å². The highest BCUT2D eigenvalue weighted by Gasteiger charge is 2.44. The van der Waals surface area contributed by atoms with Crippen molar-refractivity contribution in [2.24, 2.45) is 5.41 Å². The average molecular weight is 276 g/mol. The highest BCUT2D eigenvalue weighted by Crippen LogP contribution is 2.46. The van der Waals surface area contributed by atoms with E-state index in [9.17, 15) is 4.79 Å². The van der Waals surface area contributed by atoms with Crippen LogP contribution in [-0.2, 0) is 16.1 Å². The largest absolute Gasteiger partial charge is 0.460 e. The second-order valence-corrected chi connectivity index (χ2v) is 5.73. The number of aliphatic hydroxyl groups is 1. The highest BCUT2D eigenvalue weighted by molar-refractivity contribution is 5.77. The number of benzene rings is 1. The summed E-state index contributed by atoms with van der Waals surface area (Å²) in [5.74, 6) is -0.0309. The summed E-state index contributed by atoms with van der Waals surface area (Å²) in [5.41, 5.74) is 0.806. The van der Waals surface area contributed by atoms with Crippen LogP contribution in [0.25, 0.3) is 0 Å². The highest BCUT2D eigenvalue weighted by atomic mass is 16.5. The van der Waals surface area contributed by atoms with E-state index in [0.29, 0.717) is 6.61 Å². The quantitative estimate of drug-likeness (QED) is 0.584. The summed E-state index contributed by atoms with van der Waals surface area (Å²) in [6.45, 7) is 0.615. The smallest absolute Gasteiger partial charge is 0.312 e. The number of ether oxygens (including phenoxy) is 1. The fourth-order valence-electron chi connectivity index (χ4n) is 2.79. The monoisotopic (exact) mass is 276 g/mol. The van der Waals surface area contributed by atoms with Crippen LogP contribution in [0.15, 0.2) is 30.3 Å². The van der Waals surface area contributed by atoms with Gasteiger partial charge in [0, 0.05) is 6.61 Å². The fourth-order valence-corrected chi connectivity index (χ4v) is 2.79. The number of hydrogen-bond donors (Lipinski definition) is 1.